The maximum absolute atomic E-state index is 5.79. The lowest BCUT2D eigenvalue weighted by Gasteiger charge is -1.90. The van der Waals surface area contributed by atoms with E-state index in [1.165, 1.54) is 0 Å². The number of pyridine rings is 1. The molecule has 13 heavy (non-hydrogen) atoms. The lowest BCUT2D eigenvalue weighted by molar-refractivity contribution is 1.19. The molecule has 2 aromatic rings. The highest BCUT2D eigenvalue weighted by Gasteiger charge is 2.03. The van der Waals surface area contributed by atoms with E-state index >= 15 is 0 Å². The van der Waals surface area contributed by atoms with Crippen molar-refractivity contribution < 1.29 is 0 Å². The summed E-state index contributed by atoms with van der Waals surface area (Å²) in [4.78, 5) is 4.48. The predicted octanol–water partition coefficient (Wildman–Crippen LogP) is 1.62. The molecule has 0 saturated carbocycles. The summed E-state index contributed by atoms with van der Waals surface area (Å²) in [5, 5.41) is 0.646. The summed E-state index contributed by atoms with van der Waals surface area (Å²) in [6.07, 6.45) is 3.58. The van der Waals surface area contributed by atoms with Crippen LogP contribution in [0.4, 0.5) is 0 Å². The van der Waals surface area contributed by atoms with Crippen LogP contribution in [0.1, 0.15) is 5.69 Å². The summed E-state index contributed by atoms with van der Waals surface area (Å²) >= 11 is 10.6. The monoisotopic (exact) mass is 211 g/mol. The number of hydrogen-bond acceptors (Lipinski definition) is 2. The smallest absolute Gasteiger partial charge is 0.139 e. The Balaban J connectivity index is 2.68. The van der Waals surface area contributed by atoms with Crippen molar-refractivity contribution in [3.05, 3.63) is 35.2 Å². The highest BCUT2D eigenvalue weighted by molar-refractivity contribution is 7.80. The number of hydrogen-bond donors (Lipinski definition) is 1. The van der Waals surface area contributed by atoms with Crippen molar-refractivity contribution in [3.8, 4) is 0 Å². The molecule has 0 aliphatic heterocycles. The van der Waals surface area contributed by atoms with Gasteiger partial charge in [0.25, 0.3) is 0 Å². The molecule has 0 aliphatic rings. The topological polar surface area (TPSA) is 43.3 Å². The van der Waals surface area contributed by atoms with Gasteiger partial charge in [0.2, 0.25) is 0 Å². The Hall–Kier alpha value is -1.13. The van der Waals surface area contributed by atoms with E-state index in [0.29, 0.717) is 15.7 Å². The lowest BCUT2D eigenvalue weighted by Crippen LogP contribution is -2.09. The van der Waals surface area contributed by atoms with Crippen LogP contribution in [0.15, 0.2) is 24.5 Å². The number of rotatable bonds is 1. The highest BCUT2D eigenvalue weighted by Crippen LogP contribution is 2.12. The minimum Gasteiger partial charge on any atom is -0.388 e. The molecule has 2 rings (SSSR count). The van der Waals surface area contributed by atoms with Crippen LogP contribution in [-0.4, -0.2) is 14.4 Å². The van der Waals surface area contributed by atoms with Gasteiger partial charge < -0.3 is 10.1 Å². The summed E-state index contributed by atoms with van der Waals surface area (Å²) in [6.45, 7) is 0. The number of fused-ring (bicyclic) bond motifs is 1. The normalized spacial score (nSPS) is 10.5. The molecule has 2 N–H and O–H groups in total. The minimum absolute atomic E-state index is 0.292. The van der Waals surface area contributed by atoms with Gasteiger partial charge in [0.1, 0.15) is 16.3 Å². The number of aromatic nitrogens is 2. The largest absolute Gasteiger partial charge is 0.388 e. The molecule has 0 unspecified atom stereocenters. The van der Waals surface area contributed by atoms with Crippen LogP contribution in [0, 0.1) is 0 Å². The predicted molar refractivity (Wildman–Crippen MR) is 56.1 cm³/mol. The Morgan fingerprint density at radius 3 is 3.08 bits per heavy atom. The third-order valence-corrected chi connectivity index (χ3v) is 2.12. The second-order valence-electron chi connectivity index (χ2n) is 2.60. The van der Waals surface area contributed by atoms with Crippen molar-refractivity contribution in [2.24, 2.45) is 5.73 Å². The fourth-order valence-corrected chi connectivity index (χ4v) is 1.33. The van der Waals surface area contributed by atoms with Gasteiger partial charge in [-0.2, -0.15) is 0 Å². The molecule has 0 radical (unpaired) electrons. The van der Waals surface area contributed by atoms with Gasteiger partial charge in [0.05, 0.1) is 0 Å². The fourth-order valence-electron chi connectivity index (χ4n) is 1.08. The van der Waals surface area contributed by atoms with Gasteiger partial charge in [-0.3, -0.25) is 0 Å². The molecule has 0 aliphatic carbocycles. The first-order valence-electron chi connectivity index (χ1n) is 3.61. The van der Waals surface area contributed by atoms with Gasteiger partial charge in [-0.05, 0) is 6.07 Å². The maximum atomic E-state index is 5.79. The minimum atomic E-state index is 0.292. The molecule has 0 spiro atoms. The fraction of sp³-hybridized carbons (Fsp3) is 0. The third kappa shape index (κ3) is 1.50. The molecule has 2 aromatic heterocycles. The van der Waals surface area contributed by atoms with Crippen LogP contribution in [0.5, 0.6) is 0 Å². The molecule has 0 atom stereocenters. The summed E-state index contributed by atoms with van der Waals surface area (Å²) < 4.78 is 1.82. The second kappa shape index (κ2) is 2.97. The molecular formula is C8H6ClN3S. The van der Waals surface area contributed by atoms with Crippen molar-refractivity contribution in [2.75, 3.05) is 0 Å². The molecule has 2 heterocycles. The summed E-state index contributed by atoms with van der Waals surface area (Å²) in [6, 6.07) is 3.53. The Kier molecular flexibility index (Phi) is 1.94. The Bertz CT molecular complexity index is 477. The van der Waals surface area contributed by atoms with E-state index in [0.717, 1.165) is 5.65 Å². The van der Waals surface area contributed by atoms with E-state index in [4.69, 9.17) is 29.6 Å². The van der Waals surface area contributed by atoms with Crippen LogP contribution in [-0.2, 0) is 0 Å². The lowest BCUT2D eigenvalue weighted by atomic mass is 10.5. The average Bonchev–Trinajstić information content (AvgIpc) is 2.46. The zero-order chi connectivity index (χ0) is 9.42. The van der Waals surface area contributed by atoms with Gasteiger partial charge in [0.15, 0.2) is 0 Å². The first-order valence-corrected chi connectivity index (χ1v) is 4.39. The standard InChI is InChI=1S/C8H6ClN3S/c9-5-1-2-12-4-6(8(10)13)11-7(12)3-5/h1-4H,(H2,10,13). The van der Waals surface area contributed by atoms with Crippen LogP contribution in [0.2, 0.25) is 5.02 Å². The quantitative estimate of drug-likeness (QED) is 0.730. The van der Waals surface area contributed by atoms with E-state index in [9.17, 15) is 0 Å². The second-order valence-corrected chi connectivity index (χ2v) is 3.48. The van der Waals surface area contributed by atoms with Gasteiger partial charge in [-0.15, -0.1) is 0 Å². The molecule has 0 aromatic carbocycles. The number of nitrogens with zero attached hydrogens (tertiary/aromatic N) is 2. The van der Waals surface area contributed by atoms with E-state index in [1.54, 1.807) is 18.3 Å². The zero-order valence-electron chi connectivity index (χ0n) is 6.57. The summed E-state index contributed by atoms with van der Waals surface area (Å²) in [7, 11) is 0. The average molecular weight is 212 g/mol. The first-order chi connectivity index (χ1) is 6.16. The molecule has 0 amide bonds. The molecule has 0 saturated heterocycles. The Morgan fingerprint density at radius 2 is 2.38 bits per heavy atom. The number of halogens is 1. The molecular weight excluding hydrogens is 206 g/mol. The highest BCUT2D eigenvalue weighted by atomic mass is 35.5. The van der Waals surface area contributed by atoms with Crippen molar-refractivity contribution in [2.45, 2.75) is 0 Å². The van der Waals surface area contributed by atoms with Crippen molar-refractivity contribution in [1.82, 2.24) is 9.38 Å². The van der Waals surface area contributed by atoms with Gasteiger partial charge >= 0.3 is 0 Å². The number of nitrogens with two attached hydrogens (primary N) is 1. The third-order valence-electron chi connectivity index (χ3n) is 1.67. The molecule has 0 bridgehead atoms. The van der Waals surface area contributed by atoms with Crippen LogP contribution in [0.3, 0.4) is 0 Å². The van der Waals surface area contributed by atoms with Gasteiger partial charge in [-0.1, -0.05) is 23.8 Å². The van der Waals surface area contributed by atoms with Crippen molar-refractivity contribution >= 4 is 34.5 Å². The van der Waals surface area contributed by atoms with Gasteiger partial charge in [-0.25, -0.2) is 4.98 Å². The van der Waals surface area contributed by atoms with Crippen molar-refractivity contribution in [1.29, 1.82) is 0 Å². The summed E-state index contributed by atoms with van der Waals surface area (Å²) in [5.74, 6) is 0. The van der Waals surface area contributed by atoms with Crippen LogP contribution < -0.4 is 5.73 Å². The molecule has 66 valence electrons. The van der Waals surface area contributed by atoms with Gasteiger partial charge in [0, 0.05) is 23.5 Å². The first kappa shape index (κ1) is 8.47. The molecule has 0 fully saturated rings. The maximum Gasteiger partial charge on any atom is 0.139 e. The molecule has 5 heteroatoms. The van der Waals surface area contributed by atoms with Crippen molar-refractivity contribution in [3.63, 3.8) is 0 Å². The zero-order valence-corrected chi connectivity index (χ0v) is 8.14. The molecule has 3 nitrogen and oxygen atoms in total. The van der Waals surface area contributed by atoms with E-state index in [-0.39, 0.29) is 0 Å². The van der Waals surface area contributed by atoms with E-state index < -0.39 is 0 Å². The number of thiocarbonyl (C=S) groups is 1. The summed E-state index contributed by atoms with van der Waals surface area (Å²) in [5.41, 5.74) is 6.79. The Labute approximate surface area is 85.1 Å². The van der Waals surface area contributed by atoms with E-state index in [1.807, 2.05) is 10.6 Å². The SMILES string of the molecule is NC(=S)c1cn2ccc(Cl)cc2n1. The van der Waals surface area contributed by atoms with Crippen LogP contribution >= 0.6 is 23.8 Å². The Morgan fingerprint density at radius 1 is 1.62 bits per heavy atom. The van der Waals surface area contributed by atoms with E-state index in [2.05, 4.69) is 4.98 Å². The number of imidazole rings is 1. The van der Waals surface area contributed by atoms with Crippen LogP contribution in [0.25, 0.3) is 5.65 Å².